The Morgan fingerprint density at radius 2 is 2.27 bits per heavy atom. The van der Waals surface area contributed by atoms with Crippen LogP contribution < -0.4 is 5.32 Å². The Kier molecular flexibility index (Phi) is 3.91. The molecule has 0 saturated heterocycles. The molecule has 0 unspecified atom stereocenters. The number of amides is 1. The molecule has 15 heavy (non-hydrogen) atoms. The monoisotopic (exact) mass is 211 g/mol. The fraction of sp³-hybridized carbons (Fsp3) is 0.400. The first-order valence-corrected chi connectivity index (χ1v) is 4.64. The molecule has 1 rings (SSSR count). The van der Waals surface area contributed by atoms with E-state index in [-0.39, 0.29) is 12.3 Å². The third kappa shape index (κ3) is 3.84. The van der Waals surface area contributed by atoms with Crippen LogP contribution in [0.1, 0.15) is 29.0 Å². The zero-order valence-electron chi connectivity index (χ0n) is 8.45. The zero-order chi connectivity index (χ0) is 11.3. The average Bonchev–Trinajstić information content (AvgIpc) is 2.59. The Hall–Kier alpha value is -1.78. The van der Waals surface area contributed by atoms with E-state index in [4.69, 9.17) is 9.52 Å². The van der Waals surface area contributed by atoms with Gasteiger partial charge in [-0.25, -0.2) is 0 Å². The summed E-state index contributed by atoms with van der Waals surface area (Å²) < 4.78 is 4.98. The predicted molar refractivity (Wildman–Crippen MR) is 52.6 cm³/mol. The number of hydrogen-bond acceptors (Lipinski definition) is 3. The Bertz CT molecular complexity index is 356. The van der Waals surface area contributed by atoms with Crippen molar-refractivity contribution in [3.8, 4) is 0 Å². The standard InChI is InChI=1S/C10H13NO4/c1-7-5-8(6-15-7)10(14)11-4-2-3-9(12)13/h5-6H,2-4H2,1H3,(H,11,14)(H,12,13). The van der Waals surface area contributed by atoms with Gasteiger partial charge in [0.15, 0.2) is 0 Å². The van der Waals surface area contributed by atoms with Gasteiger partial charge in [-0.3, -0.25) is 9.59 Å². The lowest BCUT2D eigenvalue weighted by atomic mass is 10.2. The summed E-state index contributed by atoms with van der Waals surface area (Å²) in [7, 11) is 0. The second kappa shape index (κ2) is 5.19. The molecule has 5 heteroatoms. The van der Waals surface area contributed by atoms with E-state index in [0.717, 1.165) is 0 Å². The van der Waals surface area contributed by atoms with Crippen molar-refractivity contribution in [1.29, 1.82) is 0 Å². The van der Waals surface area contributed by atoms with Crippen molar-refractivity contribution < 1.29 is 19.1 Å². The fourth-order valence-electron chi connectivity index (χ4n) is 1.11. The molecule has 0 fully saturated rings. The summed E-state index contributed by atoms with van der Waals surface area (Å²) in [6.07, 6.45) is 1.87. The first-order chi connectivity index (χ1) is 7.09. The fourth-order valence-corrected chi connectivity index (χ4v) is 1.11. The SMILES string of the molecule is Cc1cc(C(=O)NCCCC(=O)O)co1. The highest BCUT2D eigenvalue weighted by Crippen LogP contribution is 2.05. The molecule has 0 bridgehead atoms. The van der Waals surface area contributed by atoms with Gasteiger partial charge in [0.25, 0.3) is 5.91 Å². The van der Waals surface area contributed by atoms with Crippen LogP contribution in [0, 0.1) is 6.92 Å². The molecule has 0 radical (unpaired) electrons. The quantitative estimate of drug-likeness (QED) is 0.717. The number of hydrogen-bond donors (Lipinski definition) is 2. The molecule has 0 aromatic carbocycles. The Labute approximate surface area is 87.1 Å². The summed E-state index contributed by atoms with van der Waals surface area (Å²) >= 11 is 0. The Morgan fingerprint density at radius 3 is 2.80 bits per heavy atom. The summed E-state index contributed by atoms with van der Waals surface area (Å²) in [6.45, 7) is 2.11. The number of nitrogens with one attached hydrogen (secondary N) is 1. The van der Waals surface area contributed by atoms with Gasteiger partial charge in [-0.1, -0.05) is 0 Å². The van der Waals surface area contributed by atoms with Crippen LogP contribution in [-0.2, 0) is 4.79 Å². The van der Waals surface area contributed by atoms with Crippen LogP contribution in [-0.4, -0.2) is 23.5 Å². The van der Waals surface area contributed by atoms with Gasteiger partial charge in [0.05, 0.1) is 5.56 Å². The highest BCUT2D eigenvalue weighted by atomic mass is 16.4. The van der Waals surface area contributed by atoms with Crippen LogP contribution in [0.2, 0.25) is 0 Å². The number of carbonyl (C=O) groups excluding carboxylic acids is 1. The molecule has 2 N–H and O–H groups in total. The number of rotatable bonds is 5. The molecule has 0 aliphatic rings. The van der Waals surface area contributed by atoms with E-state index in [2.05, 4.69) is 5.32 Å². The normalized spacial score (nSPS) is 9.93. The van der Waals surface area contributed by atoms with Gasteiger partial charge in [0, 0.05) is 13.0 Å². The van der Waals surface area contributed by atoms with Crippen molar-refractivity contribution in [2.24, 2.45) is 0 Å². The zero-order valence-corrected chi connectivity index (χ0v) is 8.45. The van der Waals surface area contributed by atoms with E-state index < -0.39 is 5.97 Å². The molecule has 0 aliphatic carbocycles. The third-order valence-corrected chi connectivity index (χ3v) is 1.85. The lowest BCUT2D eigenvalue weighted by Gasteiger charge is -2.00. The lowest BCUT2D eigenvalue weighted by Crippen LogP contribution is -2.24. The maximum absolute atomic E-state index is 11.4. The smallest absolute Gasteiger partial charge is 0.303 e. The summed E-state index contributed by atoms with van der Waals surface area (Å²) in [4.78, 5) is 21.6. The molecule has 1 heterocycles. The molecule has 0 saturated carbocycles. The minimum Gasteiger partial charge on any atom is -0.481 e. The number of aryl methyl sites for hydroxylation is 1. The minimum atomic E-state index is -0.858. The van der Waals surface area contributed by atoms with E-state index in [9.17, 15) is 9.59 Å². The second-order valence-electron chi connectivity index (χ2n) is 3.20. The highest BCUT2D eigenvalue weighted by Gasteiger charge is 2.07. The van der Waals surface area contributed by atoms with E-state index in [1.54, 1.807) is 13.0 Å². The largest absolute Gasteiger partial charge is 0.481 e. The van der Waals surface area contributed by atoms with Crippen LogP contribution in [0.3, 0.4) is 0 Å². The average molecular weight is 211 g/mol. The number of carboxylic acid groups (broad SMARTS) is 1. The minimum absolute atomic E-state index is 0.0602. The molecular formula is C10H13NO4. The Balaban J connectivity index is 2.28. The second-order valence-corrected chi connectivity index (χ2v) is 3.20. The van der Waals surface area contributed by atoms with Crippen LogP contribution in [0.25, 0.3) is 0 Å². The van der Waals surface area contributed by atoms with Crippen molar-refractivity contribution >= 4 is 11.9 Å². The topological polar surface area (TPSA) is 79.5 Å². The van der Waals surface area contributed by atoms with Gasteiger partial charge in [0.2, 0.25) is 0 Å². The summed E-state index contributed by atoms with van der Waals surface area (Å²) in [6, 6.07) is 1.63. The molecule has 82 valence electrons. The number of furan rings is 1. The molecule has 5 nitrogen and oxygen atoms in total. The van der Waals surface area contributed by atoms with E-state index in [1.807, 2.05) is 0 Å². The van der Waals surface area contributed by atoms with Gasteiger partial charge in [0.1, 0.15) is 12.0 Å². The third-order valence-electron chi connectivity index (χ3n) is 1.85. The van der Waals surface area contributed by atoms with Crippen molar-refractivity contribution in [2.75, 3.05) is 6.54 Å². The van der Waals surface area contributed by atoms with Crippen molar-refractivity contribution in [2.45, 2.75) is 19.8 Å². The van der Waals surface area contributed by atoms with Crippen molar-refractivity contribution in [1.82, 2.24) is 5.32 Å². The van der Waals surface area contributed by atoms with Gasteiger partial charge >= 0.3 is 5.97 Å². The van der Waals surface area contributed by atoms with Gasteiger partial charge in [-0.2, -0.15) is 0 Å². The summed E-state index contributed by atoms with van der Waals surface area (Å²) in [5, 5.41) is 11.0. The molecule has 1 amide bonds. The lowest BCUT2D eigenvalue weighted by molar-refractivity contribution is -0.137. The molecule has 1 aromatic rings. The van der Waals surface area contributed by atoms with Crippen LogP contribution in [0.15, 0.2) is 16.7 Å². The Morgan fingerprint density at radius 1 is 1.53 bits per heavy atom. The maximum Gasteiger partial charge on any atom is 0.303 e. The van der Waals surface area contributed by atoms with Crippen molar-refractivity contribution in [3.63, 3.8) is 0 Å². The molecular weight excluding hydrogens is 198 g/mol. The van der Waals surface area contributed by atoms with Gasteiger partial charge in [-0.15, -0.1) is 0 Å². The summed E-state index contributed by atoms with van der Waals surface area (Å²) in [5.74, 6) is -0.425. The predicted octanol–water partition coefficient (Wildman–Crippen LogP) is 1.18. The molecule has 0 spiro atoms. The van der Waals surface area contributed by atoms with E-state index >= 15 is 0 Å². The van der Waals surface area contributed by atoms with Crippen LogP contribution in [0.4, 0.5) is 0 Å². The van der Waals surface area contributed by atoms with Crippen LogP contribution >= 0.6 is 0 Å². The number of aliphatic carboxylic acids is 1. The molecule has 0 atom stereocenters. The highest BCUT2D eigenvalue weighted by molar-refractivity contribution is 5.93. The van der Waals surface area contributed by atoms with Gasteiger partial charge in [-0.05, 0) is 19.4 Å². The van der Waals surface area contributed by atoms with Gasteiger partial charge < -0.3 is 14.8 Å². The first-order valence-electron chi connectivity index (χ1n) is 4.64. The number of carboxylic acids is 1. The first kappa shape index (κ1) is 11.3. The number of carbonyl (C=O) groups is 2. The molecule has 0 aliphatic heterocycles. The summed E-state index contributed by atoms with van der Waals surface area (Å²) in [5.41, 5.74) is 0.461. The van der Waals surface area contributed by atoms with E-state index in [0.29, 0.717) is 24.3 Å². The maximum atomic E-state index is 11.4. The van der Waals surface area contributed by atoms with E-state index in [1.165, 1.54) is 6.26 Å². The van der Waals surface area contributed by atoms with Crippen LogP contribution in [0.5, 0.6) is 0 Å². The van der Waals surface area contributed by atoms with Crippen molar-refractivity contribution in [3.05, 3.63) is 23.7 Å². The molecule has 1 aromatic heterocycles.